The van der Waals surface area contributed by atoms with E-state index in [0.29, 0.717) is 0 Å². The van der Waals surface area contributed by atoms with Crippen LogP contribution in [-0.4, -0.2) is 10.1 Å². The van der Waals surface area contributed by atoms with Crippen LogP contribution in [0.25, 0.3) is 10.9 Å². The van der Waals surface area contributed by atoms with Crippen LogP contribution in [0.4, 0.5) is 0 Å². The highest BCUT2D eigenvalue weighted by Gasteiger charge is 2.12. The monoisotopic (exact) mass is 215 g/mol. The van der Waals surface area contributed by atoms with E-state index in [1.54, 1.807) is 0 Å². The predicted molar refractivity (Wildman–Crippen MR) is 66.3 cm³/mol. The zero-order chi connectivity index (χ0) is 11.7. The molecule has 16 heavy (non-hydrogen) atoms. The summed E-state index contributed by atoms with van der Waals surface area (Å²) in [5.41, 5.74) is 2.97. The fourth-order valence-corrected chi connectivity index (χ4v) is 1.81. The van der Waals surface area contributed by atoms with Gasteiger partial charge < -0.3 is 5.11 Å². The zero-order valence-electron chi connectivity index (χ0n) is 9.94. The SMILES string of the molecule is Cc1ccc2cc(C(O)C(C)C)ccc2n1. The van der Waals surface area contributed by atoms with Gasteiger partial charge >= 0.3 is 0 Å². The predicted octanol–water partition coefficient (Wildman–Crippen LogP) is 3.23. The number of nitrogens with zero attached hydrogens (tertiary/aromatic N) is 1. The van der Waals surface area contributed by atoms with Gasteiger partial charge in [-0.15, -0.1) is 0 Å². The summed E-state index contributed by atoms with van der Waals surface area (Å²) in [6.07, 6.45) is -0.397. The third-order valence-corrected chi connectivity index (χ3v) is 2.83. The molecular weight excluding hydrogens is 198 g/mol. The van der Waals surface area contributed by atoms with Crippen LogP contribution in [0.1, 0.15) is 31.2 Å². The normalized spacial score (nSPS) is 13.3. The highest BCUT2D eigenvalue weighted by molar-refractivity contribution is 5.79. The standard InChI is InChI=1S/C14H17NO/c1-9(2)14(16)12-6-7-13-11(8-12)5-4-10(3)15-13/h4-9,14,16H,1-3H3. The number of benzene rings is 1. The average molecular weight is 215 g/mol. The summed E-state index contributed by atoms with van der Waals surface area (Å²) in [6.45, 7) is 6.01. The molecule has 0 aliphatic heterocycles. The molecule has 0 radical (unpaired) electrons. The summed E-state index contributed by atoms with van der Waals surface area (Å²) < 4.78 is 0. The molecule has 1 aromatic heterocycles. The third-order valence-electron chi connectivity index (χ3n) is 2.83. The van der Waals surface area contributed by atoms with Gasteiger partial charge in [0, 0.05) is 11.1 Å². The van der Waals surface area contributed by atoms with Gasteiger partial charge in [0.15, 0.2) is 0 Å². The lowest BCUT2D eigenvalue weighted by Gasteiger charge is -2.15. The number of aliphatic hydroxyl groups excluding tert-OH is 1. The molecule has 2 heteroatoms. The van der Waals surface area contributed by atoms with Crippen LogP contribution >= 0.6 is 0 Å². The molecule has 0 amide bonds. The second-order valence-electron chi connectivity index (χ2n) is 4.59. The minimum absolute atomic E-state index is 0.232. The maximum Gasteiger partial charge on any atom is 0.0813 e. The minimum Gasteiger partial charge on any atom is -0.388 e. The van der Waals surface area contributed by atoms with Crippen LogP contribution in [0.5, 0.6) is 0 Å². The molecule has 0 aliphatic rings. The van der Waals surface area contributed by atoms with E-state index < -0.39 is 6.10 Å². The molecule has 0 bridgehead atoms. The van der Waals surface area contributed by atoms with E-state index in [1.165, 1.54) is 0 Å². The average Bonchev–Trinajstić information content (AvgIpc) is 2.27. The van der Waals surface area contributed by atoms with Crippen molar-refractivity contribution in [2.75, 3.05) is 0 Å². The van der Waals surface area contributed by atoms with E-state index in [-0.39, 0.29) is 5.92 Å². The smallest absolute Gasteiger partial charge is 0.0813 e. The first-order chi connectivity index (χ1) is 7.58. The highest BCUT2D eigenvalue weighted by atomic mass is 16.3. The van der Waals surface area contributed by atoms with Crippen molar-refractivity contribution in [1.82, 2.24) is 4.98 Å². The molecule has 1 N–H and O–H groups in total. The summed E-state index contributed by atoms with van der Waals surface area (Å²) in [5.74, 6) is 0.232. The van der Waals surface area contributed by atoms with Crippen molar-refractivity contribution in [3.05, 3.63) is 41.6 Å². The summed E-state index contributed by atoms with van der Waals surface area (Å²) >= 11 is 0. The Morgan fingerprint density at radius 3 is 2.56 bits per heavy atom. The molecular formula is C14H17NO. The van der Waals surface area contributed by atoms with Gasteiger partial charge in [-0.25, -0.2) is 0 Å². The topological polar surface area (TPSA) is 33.1 Å². The number of fused-ring (bicyclic) bond motifs is 1. The number of pyridine rings is 1. The molecule has 0 spiro atoms. The second-order valence-corrected chi connectivity index (χ2v) is 4.59. The number of hydrogen-bond acceptors (Lipinski definition) is 2. The van der Waals surface area contributed by atoms with Gasteiger partial charge in [-0.2, -0.15) is 0 Å². The van der Waals surface area contributed by atoms with Crippen LogP contribution in [0.3, 0.4) is 0 Å². The van der Waals surface area contributed by atoms with E-state index in [4.69, 9.17) is 0 Å². The van der Waals surface area contributed by atoms with Crippen LogP contribution in [0.15, 0.2) is 30.3 Å². The Balaban J connectivity index is 2.48. The molecule has 0 fully saturated rings. The van der Waals surface area contributed by atoms with Crippen molar-refractivity contribution in [1.29, 1.82) is 0 Å². The van der Waals surface area contributed by atoms with E-state index in [0.717, 1.165) is 22.2 Å². The molecule has 1 heterocycles. The first-order valence-electron chi connectivity index (χ1n) is 5.63. The molecule has 0 aliphatic carbocycles. The molecule has 2 rings (SSSR count). The van der Waals surface area contributed by atoms with Gasteiger partial charge in [0.1, 0.15) is 0 Å². The quantitative estimate of drug-likeness (QED) is 0.834. The number of hydrogen-bond donors (Lipinski definition) is 1. The van der Waals surface area contributed by atoms with E-state index >= 15 is 0 Å². The molecule has 2 aromatic rings. The highest BCUT2D eigenvalue weighted by Crippen LogP contribution is 2.24. The van der Waals surface area contributed by atoms with Crippen molar-refractivity contribution in [3.8, 4) is 0 Å². The largest absolute Gasteiger partial charge is 0.388 e. The van der Waals surface area contributed by atoms with Gasteiger partial charge in [0.05, 0.1) is 11.6 Å². The van der Waals surface area contributed by atoms with E-state index in [2.05, 4.69) is 4.98 Å². The number of aryl methyl sites for hydroxylation is 1. The Kier molecular flexibility index (Phi) is 2.92. The Hall–Kier alpha value is -1.41. The van der Waals surface area contributed by atoms with Crippen LogP contribution in [0.2, 0.25) is 0 Å². The Morgan fingerprint density at radius 2 is 1.88 bits per heavy atom. The third kappa shape index (κ3) is 2.07. The lowest BCUT2D eigenvalue weighted by molar-refractivity contribution is 0.127. The molecule has 0 saturated carbocycles. The lowest BCUT2D eigenvalue weighted by Crippen LogP contribution is -2.05. The van der Waals surface area contributed by atoms with Crippen LogP contribution in [-0.2, 0) is 0 Å². The Morgan fingerprint density at radius 1 is 1.12 bits per heavy atom. The molecule has 84 valence electrons. The zero-order valence-corrected chi connectivity index (χ0v) is 9.94. The van der Waals surface area contributed by atoms with Gasteiger partial charge in [0.2, 0.25) is 0 Å². The van der Waals surface area contributed by atoms with Gasteiger partial charge in [0.25, 0.3) is 0 Å². The second kappa shape index (κ2) is 4.22. The van der Waals surface area contributed by atoms with Crippen LogP contribution in [0, 0.1) is 12.8 Å². The first-order valence-corrected chi connectivity index (χ1v) is 5.63. The Labute approximate surface area is 96.0 Å². The summed E-state index contributed by atoms with van der Waals surface area (Å²) in [6, 6.07) is 10.00. The summed E-state index contributed by atoms with van der Waals surface area (Å²) in [7, 11) is 0. The molecule has 1 unspecified atom stereocenters. The number of rotatable bonds is 2. The van der Waals surface area contributed by atoms with Crippen molar-refractivity contribution < 1.29 is 5.11 Å². The van der Waals surface area contributed by atoms with Gasteiger partial charge in [-0.05, 0) is 36.6 Å². The van der Waals surface area contributed by atoms with Crippen molar-refractivity contribution in [3.63, 3.8) is 0 Å². The number of aromatic nitrogens is 1. The maximum absolute atomic E-state index is 9.99. The number of aliphatic hydroxyl groups is 1. The minimum atomic E-state index is -0.397. The fraction of sp³-hybridized carbons (Fsp3) is 0.357. The van der Waals surface area contributed by atoms with Crippen LogP contribution < -0.4 is 0 Å². The summed E-state index contributed by atoms with van der Waals surface area (Å²) in [5, 5.41) is 11.1. The van der Waals surface area contributed by atoms with Crippen molar-refractivity contribution in [2.24, 2.45) is 5.92 Å². The molecule has 1 aromatic carbocycles. The molecule has 2 nitrogen and oxygen atoms in total. The maximum atomic E-state index is 9.99. The molecule has 1 atom stereocenters. The summed E-state index contributed by atoms with van der Waals surface area (Å²) in [4.78, 5) is 4.44. The van der Waals surface area contributed by atoms with E-state index in [9.17, 15) is 5.11 Å². The first kappa shape index (κ1) is 11.1. The Bertz CT molecular complexity index is 505. The van der Waals surface area contributed by atoms with Crippen molar-refractivity contribution >= 4 is 10.9 Å². The molecule has 0 saturated heterocycles. The van der Waals surface area contributed by atoms with Gasteiger partial charge in [-0.1, -0.05) is 26.0 Å². The van der Waals surface area contributed by atoms with Crippen molar-refractivity contribution in [2.45, 2.75) is 26.9 Å². The fourth-order valence-electron chi connectivity index (χ4n) is 1.81. The van der Waals surface area contributed by atoms with Gasteiger partial charge in [-0.3, -0.25) is 4.98 Å². The lowest BCUT2D eigenvalue weighted by atomic mass is 9.98. The van der Waals surface area contributed by atoms with E-state index in [1.807, 2.05) is 51.1 Å².